The normalized spacial score (nSPS) is 17.7. The van der Waals surface area contributed by atoms with Crippen LogP contribution in [0.2, 0.25) is 18.1 Å². The van der Waals surface area contributed by atoms with Crippen LogP contribution in [0.4, 0.5) is 0 Å². The van der Waals surface area contributed by atoms with Gasteiger partial charge >= 0.3 is 0 Å². The second kappa shape index (κ2) is 11.4. The lowest BCUT2D eigenvalue weighted by molar-refractivity contribution is -0.290. The van der Waals surface area contributed by atoms with E-state index in [1.807, 2.05) is 86.5 Å². The molecule has 1 aromatic carbocycles. The molecule has 4 rings (SSSR count). The molecule has 0 bridgehead atoms. The van der Waals surface area contributed by atoms with Crippen molar-refractivity contribution in [3.05, 3.63) is 94.5 Å². The summed E-state index contributed by atoms with van der Waals surface area (Å²) in [5.41, 5.74) is 2.48. The van der Waals surface area contributed by atoms with Crippen molar-refractivity contribution in [3.63, 3.8) is 0 Å². The Morgan fingerprint density at radius 1 is 0.930 bits per heavy atom. The highest BCUT2D eigenvalue weighted by Gasteiger charge is 2.50. The fourth-order valence-corrected chi connectivity index (χ4v) is 6.09. The molecule has 0 saturated carbocycles. The minimum Gasteiger partial charge on any atom is -0.543 e. The zero-order valence-electron chi connectivity index (χ0n) is 27.4. The minimum absolute atomic E-state index is 0.175. The van der Waals surface area contributed by atoms with Crippen molar-refractivity contribution in [3.8, 4) is 16.9 Å². The number of aliphatic hydroxyl groups is 1. The number of benzene rings is 1. The molecule has 7 nitrogen and oxygen atoms in total. The monoisotopic (exact) mass is 600 g/mol. The molecule has 43 heavy (non-hydrogen) atoms. The van der Waals surface area contributed by atoms with Gasteiger partial charge in [0.15, 0.2) is 12.0 Å². The van der Waals surface area contributed by atoms with E-state index in [2.05, 4.69) is 38.7 Å². The summed E-state index contributed by atoms with van der Waals surface area (Å²) >= 11 is 0. The summed E-state index contributed by atoms with van der Waals surface area (Å²) in [5.74, 6) is 0.953. The Labute approximate surface area is 258 Å². The van der Waals surface area contributed by atoms with E-state index in [-0.39, 0.29) is 5.04 Å². The van der Waals surface area contributed by atoms with Gasteiger partial charge in [0.2, 0.25) is 5.70 Å². The van der Waals surface area contributed by atoms with E-state index in [9.17, 15) is 10.3 Å². The number of aliphatic hydroxyl groups excluding tert-OH is 1. The minimum atomic E-state index is -2.53. The zero-order chi connectivity index (χ0) is 32.1. The molecular weight excluding hydrogens is 554 g/mol. The summed E-state index contributed by atoms with van der Waals surface area (Å²) < 4.78 is 7.14. The lowest BCUT2D eigenvalue weighted by Gasteiger charge is -2.40. The third-order valence-corrected chi connectivity index (χ3v) is 12.7. The first-order valence-electron chi connectivity index (χ1n) is 14.8. The van der Waals surface area contributed by atoms with Crippen LogP contribution in [0.5, 0.6) is 5.75 Å². The van der Waals surface area contributed by atoms with Gasteiger partial charge in [0.25, 0.3) is 8.32 Å². The van der Waals surface area contributed by atoms with Crippen LogP contribution in [-0.4, -0.2) is 34.6 Å². The van der Waals surface area contributed by atoms with E-state index in [0.29, 0.717) is 28.3 Å². The lowest BCUT2D eigenvalue weighted by Crippen LogP contribution is -2.45. The number of fused-ring (bicyclic) bond motifs is 1. The predicted molar refractivity (Wildman–Crippen MR) is 174 cm³/mol. The van der Waals surface area contributed by atoms with E-state index in [1.54, 1.807) is 20.8 Å². The Hall–Kier alpha value is -3.19. The van der Waals surface area contributed by atoms with Crippen molar-refractivity contribution in [1.29, 1.82) is 0 Å². The average molecular weight is 601 g/mol. The topological polar surface area (TPSA) is 69.4 Å². The third kappa shape index (κ3) is 6.10. The van der Waals surface area contributed by atoms with Crippen LogP contribution in [0.15, 0.2) is 66.4 Å². The number of hydrogen-bond donors (Lipinski definition) is 1. The van der Waals surface area contributed by atoms with Gasteiger partial charge in [-0.25, -0.2) is 4.85 Å². The fourth-order valence-electron chi connectivity index (χ4n) is 5.05. The molecule has 0 spiro atoms. The van der Waals surface area contributed by atoms with Gasteiger partial charge in [0, 0.05) is 27.8 Å². The lowest BCUT2D eigenvalue weighted by atomic mass is 9.95. The predicted octanol–water partition coefficient (Wildman–Crippen LogP) is 8.99. The van der Waals surface area contributed by atoms with Crippen molar-refractivity contribution in [2.45, 2.75) is 104 Å². The molecule has 1 aliphatic heterocycles. The van der Waals surface area contributed by atoms with Gasteiger partial charge in [-0.3, -0.25) is 0 Å². The maximum Gasteiger partial charge on any atom is 0.250 e. The Bertz CT molecular complexity index is 1510. The van der Waals surface area contributed by atoms with Gasteiger partial charge in [-0.15, -0.1) is 15.3 Å². The molecule has 1 N–H and O–H groups in total. The van der Waals surface area contributed by atoms with Crippen molar-refractivity contribution in [1.82, 2.24) is 10.1 Å². The van der Waals surface area contributed by atoms with Gasteiger partial charge in [-0.05, 0) is 70.8 Å². The fraction of sp³-hybridized carbons (Fsp3) is 0.457. The van der Waals surface area contributed by atoms with Crippen molar-refractivity contribution >= 4 is 14.1 Å². The van der Waals surface area contributed by atoms with Gasteiger partial charge in [-0.2, -0.15) is 0 Å². The summed E-state index contributed by atoms with van der Waals surface area (Å²) in [6.45, 7) is 30.7. The third-order valence-electron chi connectivity index (χ3n) is 8.42. The van der Waals surface area contributed by atoms with Crippen molar-refractivity contribution in [2.75, 3.05) is 0 Å². The quantitative estimate of drug-likeness (QED) is 0.132. The molecule has 1 heterocycles. The summed E-state index contributed by atoms with van der Waals surface area (Å²) in [7, 11) is -2.53. The highest BCUT2D eigenvalue weighted by atomic mass is 28.4. The smallest absolute Gasteiger partial charge is 0.250 e. The van der Waals surface area contributed by atoms with Crippen LogP contribution in [0, 0.1) is 6.57 Å². The van der Waals surface area contributed by atoms with E-state index < -0.39 is 31.7 Å². The summed E-state index contributed by atoms with van der Waals surface area (Å²) in [6, 6.07) is 18.7. The Balaban J connectivity index is 2.16. The van der Waals surface area contributed by atoms with Gasteiger partial charge in [-0.1, -0.05) is 81.4 Å². The second-order valence-electron chi connectivity index (χ2n) is 14.8. The molecule has 2 unspecified atom stereocenters. The van der Waals surface area contributed by atoms with E-state index in [4.69, 9.17) is 15.8 Å². The van der Waals surface area contributed by atoms with Crippen LogP contribution in [0.1, 0.15) is 91.3 Å². The summed E-state index contributed by atoms with van der Waals surface area (Å²) in [5, 5.41) is 27.9. The standard InChI is InChI=1S/C35H46N3O4Si/c1-33(2,3)37(40)32(39)27-25-22-18-14-17-21-24(25)26(31(27)42-43(11,12)35(7,8)9)29-28(36-10)30(23-19-15-13-16-20-23)41-38(29)34(4,5)6/h13-22,29,32,39H,1-9,11-12H3. The van der Waals surface area contributed by atoms with Crippen LogP contribution in [0.3, 0.4) is 0 Å². The van der Waals surface area contributed by atoms with Gasteiger partial charge < -0.3 is 14.4 Å². The molecule has 0 amide bonds. The Kier molecular flexibility index (Phi) is 8.66. The molecular formula is C35H46N3O4Si. The molecule has 0 aromatic heterocycles. The molecule has 2 atom stereocenters. The molecule has 8 heteroatoms. The maximum atomic E-state index is 13.6. The maximum absolute atomic E-state index is 13.6. The van der Waals surface area contributed by atoms with E-state index in [1.165, 1.54) is 0 Å². The summed E-state index contributed by atoms with van der Waals surface area (Å²) in [6.07, 6.45) is -1.50. The van der Waals surface area contributed by atoms with Crippen LogP contribution in [0.25, 0.3) is 21.7 Å². The molecule has 1 aromatic rings. The first kappa shape index (κ1) is 32.7. The molecule has 1 radical (unpaired) electrons. The summed E-state index contributed by atoms with van der Waals surface area (Å²) in [4.78, 5) is 10.7. The van der Waals surface area contributed by atoms with Crippen molar-refractivity contribution in [2.24, 2.45) is 0 Å². The zero-order valence-corrected chi connectivity index (χ0v) is 28.4. The van der Waals surface area contributed by atoms with Crippen LogP contribution in [-0.2, 0) is 10.0 Å². The highest BCUT2D eigenvalue weighted by Crippen LogP contribution is 2.57. The average Bonchev–Trinajstić information content (AvgIpc) is 3.31. The second-order valence-corrected chi connectivity index (χ2v) is 19.5. The number of hydrogen-bond acceptors (Lipinski definition) is 5. The number of rotatable bonds is 6. The highest BCUT2D eigenvalue weighted by molar-refractivity contribution is 6.74. The molecule has 0 fully saturated rings. The first-order chi connectivity index (χ1) is 19.8. The van der Waals surface area contributed by atoms with Gasteiger partial charge in [0.05, 0.1) is 6.57 Å². The van der Waals surface area contributed by atoms with Crippen LogP contribution < -0.4 is 4.43 Å². The molecule has 0 saturated heterocycles. The Morgan fingerprint density at radius 3 is 1.95 bits per heavy atom. The number of hydroxylamine groups is 4. The number of nitrogens with zero attached hydrogens (tertiary/aromatic N) is 3. The molecule has 3 aliphatic rings. The largest absolute Gasteiger partial charge is 0.543 e. The van der Waals surface area contributed by atoms with Crippen LogP contribution >= 0.6 is 0 Å². The molecule has 2 aliphatic carbocycles. The van der Waals surface area contributed by atoms with E-state index >= 15 is 0 Å². The Morgan fingerprint density at radius 2 is 1.47 bits per heavy atom. The SMILES string of the molecule is [C-]#[N+]C1=C(c2ccccc2)ON(C(C)(C)C)C1c1c2cccccc-2c(C(O)N([O])C(C)(C)C)c1O[Si](C)(C)C(C)(C)C. The van der Waals surface area contributed by atoms with Crippen molar-refractivity contribution < 1.29 is 19.6 Å². The molecule has 229 valence electrons. The van der Waals surface area contributed by atoms with E-state index in [0.717, 1.165) is 21.8 Å². The first-order valence-corrected chi connectivity index (χ1v) is 17.7. The van der Waals surface area contributed by atoms with Gasteiger partial charge in [0.1, 0.15) is 11.8 Å².